The van der Waals surface area contributed by atoms with Crippen molar-refractivity contribution in [3.63, 3.8) is 0 Å². The lowest BCUT2D eigenvalue weighted by Gasteiger charge is -2.24. The zero-order valence-electron chi connectivity index (χ0n) is 23.6. The minimum Gasteiger partial charge on any atom is -0.497 e. The Morgan fingerprint density at radius 1 is 0.810 bits per heavy atom. The molecule has 4 rings (SSSR count). The number of nitrogens with zero attached hydrogens (tertiary/aromatic N) is 2. The fraction of sp³-hybridized carbons (Fsp3) is 0.212. The Labute approximate surface area is 244 Å². The second kappa shape index (κ2) is 14.5. The van der Waals surface area contributed by atoms with Crippen molar-refractivity contribution in [3.05, 3.63) is 114 Å². The van der Waals surface area contributed by atoms with E-state index in [1.807, 2.05) is 24.3 Å². The van der Waals surface area contributed by atoms with Gasteiger partial charge in [-0.2, -0.15) is 0 Å². The van der Waals surface area contributed by atoms with E-state index in [0.29, 0.717) is 46.7 Å². The number of hydrogen-bond donors (Lipinski definition) is 2. The van der Waals surface area contributed by atoms with Crippen molar-refractivity contribution in [1.82, 2.24) is 15.2 Å². The van der Waals surface area contributed by atoms with Gasteiger partial charge in [0.2, 0.25) is 0 Å². The number of carboxylic acids is 1. The number of hydrogen-bond acceptors (Lipinski definition) is 6. The molecular weight excluding hydrogens is 534 g/mol. The number of carbonyl (C=O) groups excluding carboxylic acids is 2. The summed E-state index contributed by atoms with van der Waals surface area (Å²) in [6.45, 7) is 0.598. The second-order valence-corrected chi connectivity index (χ2v) is 9.54. The maximum absolute atomic E-state index is 14.0. The zero-order chi connectivity index (χ0) is 29.9. The van der Waals surface area contributed by atoms with E-state index < -0.39 is 5.97 Å². The fourth-order valence-corrected chi connectivity index (χ4v) is 4.59. The topological polar surface area (TPSA) is 118 Å². The maximum Gasteiger partial charge on any atom is 0.305 e. The van der Waals surface area contributed by atoms with Gasteiger partial charge >= 0.3 is 5.97 Å². The molecule has 2 N–H and O–H groups in total. The molecule has 0 spiro atoms. The summed E-state index contributed by atoms with van der Waals surface area (Å²) < 4.78 is 10.7. The summed E-state index contributed by atoms with van der Waals surface area (Å²) in [7, 11) is 3.13. The van der Waals surface area contributed by atoms with Crippen LogP contribution in [0.2, 0.25) is 0 Å². The second-order valence-electron chi connectivity index (χ2n) is 9.54. The van der Waals surface area contributed by atoms with Crippen LogP contribution in [-0.4, -0.2) is 60.1 Å². The molecule has 3 aromatic carbocycles. The minimum atomic E-state index is -1.00. The Morgan fingerprint density at radius 3 is 2.07 bits per heavy atom. The van der Waals surface area contributed by atoms with Crippen molar-refractivity contribution in [1.29, 1.82) is 0 Å². The highest BCUT2D eigenvalue weighted by Crippen LogP contribution is 2.29. The lowest BCUT2D eigenvalue weighted by Crippen LogP contribution is -2.35. The van der Waals surface area contributed by atoms with Crippen LogP contribution < -0.4 is 14.8 Å². The summed E-state index contributed by atoms with van der Waals surface area (Å²) in [6, 6.07) is 23.3. The number of methoxy groups -OCH3 is 2. The lowest BCUT2D eigenvalue weighted by atomic mass is 9.94. The molecule has 1 heterocycles. The molecule has 4 aromatic rings. The molecule has 0 fully saturated rings. The van der Waals surface area contributed by atoms with Crippen LogP contribution in [0.3, 0.4) is 0 Å². The van der Waals surface area contributed by atoms with Crippen LogP contribution in [0.1, 0.15) is 38.3 Å². The van der Waals surface area contributed by atoms with E-state index in [-0.39, 0.29) is 31.3 Å². The number of aliphatic carboxylic acids is 1. The van der Waals surface area contributed by atoms with E-state index in [2.05, 4.69) is 10.3 Å². The number of carboxylic acid groups (broad SMARTS) is 1. The first-order valence-corrected chi connectivity index (χ1v) is 13.5. The normalized spacial score (nSPS) is 10.5. The smallest absolute Gasteiger partial charge is 0.305 e. The Morgan fingerprint density at radius 2 is 1.45 bits per heavy atom. The van der Waals surface area contributed by atoms with E-state index in [1.165, 1.54) is 4.90 Å². The van der Waals surface area contributed by atoms with Crippen LogP contribution in [-0.2, 0) is 17.8 Å². The molecule has 0 aliphatic carbocycles. The van der Waals surface area contributed by atoms with E-state index >= 15 is 0 Å². The lowest BCUT2D eigenvalue weighted by molar-refractivity contribution is -0.137. The van der Waals surface area contributed by atoms with Crippen molar-refractivity contribution >= 4 is 17.8 Å². The molecule has 0 radical (unpaired) electrons. The molecule has 0 saturated carbocycles. The molecule has 0 unspecified atom stereocenters. The highest BCUT2D eigenvalue weighted by Gasteiger charge is 2.23. The third kappa shape index (κ3) is 7.72. The predicted octanol–water partition coefficient (Wildman–Crippen LogP) is 4.86. The van der Waals surface area contributed by atoms with Gasteiger partial charge in [0, 0.05) is 49.2 Å². The Kier molecular flexibility index (Phi) is 10.3. The van der Waals surface area contributed by atoms with Crippen molar-refractivity contribution in [3.8, 4) is 22.6 Å². The first-order valence-electron chi connectivity index (χ1n) is 13.5. The summed E-state index contributed by atoms with van der Waals surface area (Å²) >= 11 is 0. The Bertz CT molecular complexity index is 1520. The Balaban J connectivity index is 1.61. The number of carbonyl (C=O) groups is 3. The third-order valence-corrected chi connectivity index (χ3v) is 6.76. The van der Waals surface area contributed by atoms with Crippen molar-refractivity contribution < 1.29 is 29.0 Å². The van der Waals surface area contributed by atoms with Gasteiger partial charge in [-0.1, -0.05) is 42.5 Å². The van der Waals surface area contributed by atoms with Crippen molar-refractivity contribution in [2.75, 3.05) is 27.3 Å². The standard InChI is InChI=1S/C33H33N3O6/c1-41-25-18-23(19-26(20-25)42-2)13-16-36(17-14-31(37)38)33(40)30-12-6-4-10-28(30)27-9-3-5-11-29(27)32(39)35-22-24-8-7-15-34-21-24/h3-12,15,18-21H,13-14,16-17,22H2,1-2H3,(H,35,39)(H,37,38). The van der Waals surface area contributed by atoms with Crippen LogP contribution in [0.4, 0.5) is 0 Å². The third-order valence-electron chi connectivity index (χ3n) is 6.76. The number of amides is 2. The number of ether oxygens (including phenoxy) is 2. The molecule has 9 nitrogen and oxygen atoms in total. The van der Waals surface area contributed by atoms with Gasteiger partial charge < -0.3 is 24.8 Å². The summed E-state index contributed by atoms with van der Waals surface area (Å²) in [5, 5.41) is 12.3. The average Bonchev–Trinajstić information content (AvgIpc) is 3.03. The molecule has 0 aliphatic heterocycles. The van der Waals surface area contributed by atoms with Crippen molar-refractivity contribution in [2.24, 2.45) is 0 Å². The summed E-state index contributed by atoms with van der Waals surface area (Å²) in [5.74, 6) is -0.369. The highest BCUT2D eigenvalue weighted by molar-refractivity contribution is 6.06. The maximum atomic E-state index is 14.0. The van der Waals surface area contributed by atoms with E-state index in [4.69, 9.17) is 9.47 Å². The number of rotatable bonds is 13. The average molecular weight is 568 g/mol. The van der Waals surface area contributed by atoms with Gasteiger partial charge in [0.1, 0.15) is 11.5 Å². The molecule has 0 bridgehead atoms. The van der Waals surface area contributed by atoms with Crippen LogP contribution in [0.25, 0.3) is 11.1 Å². The van der Waals surface area contributed by atoms with Crippen LogP contribution >= 0.6 is 0 Å². The molecule has 0 atom stereocenters. The predicted molar refractivity (Wildman–Crippen MR) is 159 cm³/mol. The van der Waals surface area contributed by atoms with Crippen LogP contribution in [0.15, 0.2) is 91.3 Å². The minimum absolute atomic E-state index is 0.0247. The van der Waals surface area contributed by atoms with Gasteiger partial charge in [0.15, 0.2) is 0 Å². The monoisotopic (exact) mass is 567 g/mol. The van der Waals surface area contributed by atoms with E-state index in [1.54, 1.807) is 81.2 Å². The fourth-order valence-electron chi connectivity index (χ4n) is 4.59. The SMILES string of the molecule is COc1cc(CCN(CCC(=O)O)C(=O)c2ccccc2-c2ccccc2C(=O)NCc2cccnc2)cc(OC)c1. The van der Waals surface area contributed by atoms with Gasteiger partial charge in [0.25, 0.3) is 11.8 Å². The van der Waals surface area contributed by atoms with Gasteiger partial charge in [0.05, 0.1) is 20.6 Å². The summed E-state index contributed by atoms with van der Waals surface area (Å²) in [4.78, 5) is 44.3. The molecular formula is C33H33N3O6. The number of benzene rings is 3. The number of pyridine rings is 1. The van der Waals surface area contributed by atoms with Gasteiger partial charge in [-0.3, -0.25) is 19.4 Å². The van der Waals surface area contributed by atoms with E-state index in [0.717, 1.165) is 11.1 Å². The molecule has 0 saturated heterocycles. The molecule has 216 valence electrons. The summed E-state index contributed by atoms with van der Waals surface area (Å²) in [5.41, 5.74) is 3.71. The highest BCUT2D eigenvalue weighted by atomic mass is 16.5. The molecule has 9 heteroatoms. The van der Waals surface area contributed by atoms with Crippen LogP contribution in [0, 0.1) is 0 Å². The Hall–Kier alpha value is -5.18. The van der Waals surface area contributed by atoms with Gasteiger partial charge in [-0.05, 0) is 59.0 Å². The van der Waals surface area contributed by atoms with Gasteiger partial charge in [-0.25, -0.2) is 0 Å². The van der Waals surface area contributed by atoms with Gasteiger partial charge in [-0.15, -0.1) is 0 Å². The van der Waals surface area contributed by atoms with Crippen molar-refractivity contribution in [2.45, 2.75) is 19.4 Å². The molecule has 1 aromatic heterocycles. The first kappa shape index (κ1) is 29.8. The number of aromatic nitrogens is 1. The molecule has 2 amide bonds. The first-order chi connectivity index (χ1) is 20.4. The quantitative estimate of drug-likeness (QED) is 0.237. The molecule has 0 aliphatic rings. The summed E-state index contributed by atoms with van der Waals surface area (Å²) in [6.07, 6.45) is 3.60. The van der Waals surface area contributed by atoms with E-state index in [9.17, 15) is 19.5 Å². The molecule has 42 heavy (non-hydrogen) atoms. The largest absolute Gasteiger partial charge is 0.497 e. The van der Waals surface area contributed by atoms with Crippen LogP contribution in [0.5, 0.6) is 11.5 Å². The number of nitrogens with one attached hydrogen (secondary N) is 1. The zero-order valence-corrected chi connectivity index (χ0v) is 23.6.